The molecule has 0 radical (unpaired) electrons. The van der Waals surface area contributed by atoms with Gasteiger partial charge in [-0.05, 0) is 89.1 Å². The number of ether oxygens (including phenoxy) is 4. The maximum Gasteiger partial charge on any atom is 0.514 e. The Balaban J connectivity index is 1.81. The van der Waals surface area contributed by atoms with Gasteiger partial charge < -0.3 is 18.9 Å². The lowest BCUT2D eigenvalue weighted by Crippen LogP contribution is -2.35. The summed E-state index contributed by atoms with van der Waals surface area (Å²) >= 11 is 6.64. The SMILES string of the molecule is CC(C)(CCC(C)(C)OC(=O)Oc1ccc(Br)cc1)OC(=O)Oc1ccc(Br)cc1. The Morgan fingerprint density at radius 2 is 0.967 bits per heavy atom. The van der Waals surface area contributed by atoms with Crippen molar-refractivity contribution in [3.63, 3.8) is 0 Å². The number of halogens is 2. The van der Waals surface area contributed by atoms with E-state index in [9.17, 15) is 9.59 Å². The van der Waals surface area contributed by atoms with E-state index in [0.29, 0.717) is 24.3 Å². The first kappa shape index (κ1) is 24.2. The molecule has 0 unspecified atom stereocenters. The molecular weight excluding hydrogens is 520 g/mol. The highest BCUT2D eigenvalue weighted by molar-refractivity contribution is 9.10. The molecule has 0 aromatic heterocycles. The molecule has 0 spiro atoms. The molecule has 0 N–H and O–H groups in total. The first-order valence-corrected chi connectivity index (χ1v) is 10.9. The lowest BCUT2D eigenvalue weighted by molar-refractivity contribution is -0.0312. The topological polar surface area (TPSA) is 71.1 Å². The molecule has 0 aliphatic carbocycles. The van der Waals surface area contributed by atoms with Gasteiger partial charge in [0.1, 0.15) is 22.7 Å². The van der Waals surface area contributed by atoms with Crippen LogP contribution in [0.5, 0.6) is 11.5 Å². The van der Waals surface area contributed by atoms with Crippen molar-refractivity contribution in [1.29, 1.82) is 0 Å². The van der Waals surface area contributed by atoms with Gasteiger partial charge >= 0.3 is 12.3 Å². The zero-order chi connectivity index (χ0) is 22.4. The van der Waals surface area contributed by atoms with Gasteiger partial charge in [0.25, 0.3) is 0 Å². The molecule has 2 aromatic carbocycles. The van der Waals surface area contributed by atoms with Crippen molar-refractivity contribution >= 4 is 44.2 Å². The van der Waals surface area contributed by atoms with Gasteiger partial charge in [0.15, 0.2) is 0 Å². The Kier molecular flexibility index (Phi) is 8.32. The third-order valence-electron chi connectivity index (χ3n) is 4.08. The predicted octanol–water partition coefficient (Wildman–Crippen LogP) is 7.28. The van der Waals surface area contributed by atoms with Gasteiger partial charge in [-0.15, -0.1) is 0 Å². The molecule has 30 heavy (non-hydrogen) atoms. The summed E-state index contributed by atoms with van der Waals surface area (Å²) in [6.07, 6.45) is -0.700. The van der Waals surface area contributed by atoms with E-state index in [-0.39, 0.29) is 0 Å². The standard InChI is InChI=1S/C22H24Br2O6/c1-21(2,29-19(25)27-17-9-5-15(23)6-10-17)13-14-22(3,4)30-20(26)28-18-11-7-16(24)8-12-18/h5-12H,13-14H2,1-4H3. The fraction of sp³-hybridized carbons (Fsp3) is 0.364. The normalized spacial score (nSPS) is 11.5. The molecule has 0 atom stereocenters. The van der Waals surface area contributed by atoms with Gasteiger partial charge in [0.2, 0.25) is 0 Å². The second kappa shape index (κ2) is 10.3. The molecule has 2 rings (SSSR count). The predicted molar refractivity (Wildman–Crippen MR) is 120 cm³/mol. The molecule has 0 bridgehead atoms. The molecule has 162 valence electrons. The van der Waals surface area contributed by atoms with E-state index in [1.165, 1.54) is 0 Å². The van der Waals surface area contributed by atoms with Crippen molar-refractivity contribution in [3.05, 3.63) is 57.5 Å². The number of benzene rings is 2. The van der Waals surface area contributed by atoms with Gasteiger partial charge in [-0.1, -0.05) is 31.9 Å². The molecular formula is C22H24Br2O6. The van der Waals surface area contributed by atoms with Crippen LogP contribution in [0.25, 0.3) is 0 Å². The molecule has 2 aromatic rings. The van der Waals surface area contributed by atoms with E-state index in [2.05, 4.69) is 31.9 Å². The van der Waals surface area contributed by atoms with Crippen molar-refractivity contribution < 1.29 is 28.5 Å². The van der Waals surface area contributed by atoms with Crippen LogP contribution in [0.2, 0.25) is 0 Å². The van der Waals surface area contributed by atoms with Crippen molar-refractivity contribution in [1.82, 2.24) is 0 Å². The number of rotatable bonds is 7. The zero-order valence-corrected chi connectivity index (χ0v) is 20.4. The smallest absolute Gasteiger partial charge is 0.428 e. The molecule has 0 aliphatic rings. The fourth-order valence-electron chi connectivity index (χ4n) is 2.39. The minimum Gasteiger partial charge on any atom is -0.428 e. The minimum atomic E-state index is -0.817. The lowest BCUT2D eigenvalue weighted by atomic mass is 9.94. The lowest BCUT2D eigenvalue weighted by Gasteiger charge is -2.30. The Bertz CT molecular complexity index is 787. The van der Waals surface area contributed by atoms with Crippen LogP contribution in [-0.4, -0.2) is 23.5 Å². The monoisotopic (exact) mass is 542 g/mol. The van der Waals surface area contributed by atoms with Gasteiger partial charge in [0.05, 0.1) is 0 Å². The Morgan fingerprint density at radius 3 is 1.27 bits per heavy atom. The summed E-state index contributed by atoms with van der Waals surface area (Å²) in [5, 5.41) is 0. The summed E-state index contributed by atoms with van der Waals surface area (Å²) in [7, 11) is 0. The van der Waals surface area contributed by atoms with E-state index in [1.807, 2.05) is 0 Å². The summed E-state index contributed by atoms with van der Waals surface area (Å²) < 4.78 is 23.0. The highest BCUT2D eigenvalue weighted by Crippen LogP contribution is 2.27. The molecule has 0 aliphatic heterocycles. The summed E-state index contributed by atoms with van der Waals surface area (Å²) in [5.74, 6) is 0.775. The van der Waals surface area contributed by atoms with Crippen LogP contribution in [0.4, 0.5) is 9.59 Å². The number of hydrogen-bond acceptors (Lipinski definition) is 6. The number of carbonyl (C=O) groups is 2. The minimum absolute atomic E-state index is 0.387. The van der Waals surface area contributed by atoms with Crippen LogP contribution in [0.1, 0.15) is 40.5 Å². The van der Waals surface area contributed by atoms with Crippen LogP contribution < -0.4 is 9.47 Å². The van der Waals surface area contributed by atoms with Crippen LogP contribution in [0.3, 0.4) is 0 Å². The molecule has 0 saturated heterocycles. The average Bonchev–Trinajstić information content (AvgIpc) is 2.63. The van der Waals surface area contributed by atoms with Crippen LogP contribution in [0.15, 0.2) is 57.5 Å². The van der Waals surface area contributed by atoms with E-state index >= 15 is 0 Å². The van der Waals surface area contributed by atoms with Crippen molar-refractivity contribution in [2.45, 2.75) is 51.7 Å². The van der Waals surface area contributed by atoms with Gasteiger partial charge in [0, 0.05) is 8.95 Å². The second-order valence-corrected chi connectivity index (χ2v) is 9.67. The van der Waals surface area contributed by atoms with E-state index in [1.54, 1.807) is 76.2 Å². The van der Waals surface area contributed by atoms with E-state index in [0.717, 1.165) is 8.95 Å². The Morgan fingerprint density at radius 1 is 0.667 bits per heavy atom. The van der Waals surface area contributed by atoms with Gasteiger partial charge in [-0.3, -0.25) is 0 Å². The summed E-state index contributed by atoms with van der Waals surface area (Å²) in [5.41, 5.74) is -1.63. The van der Waals surface area contributed by atoms with Crippen molar-refractivity contribution in [2.24, 2.45) is 0 Å². The molecule has 6 nitrogen and oxygen atoms in total. The van der Waals surface area contributed by atoms with Crippen molar-refractivity contribution in [3.8, 4) is 11.5 Å². The maximum absolute atomic E-state index is 12.1. The quantitative estimate of drug-likeness (QED) is 0.270. The number of carbonyl (C=O) groups excluding carboxylic acids is 2. The highest BCUT2D eigenvalue weighted by Gasteiger charge is 2.31. The summed E-state index contributed by atoms with van der Waals surface area (Å²) in [4.78, 5) is 24.2. The number of hydrogen-bond donors (Lipinski definition) is 0. The van der Waals surface area contributed by atoms with Crippen LogP contribution >= 0.6 is 31.9 Å². The average molecular weight is 544 g/mol. The third kappa shape index (κ3) is 8.75. The largest absolute Gasteiger partial charge is 0.514 e. The van der Waals surface area contributed by atoms with Crippen molar-refractivity contribution in [2.75, 3.05) is 0 Å². The first-order chi connectivity index (χ1) is 13.9. The van der Waals surface area contributed by atoms with E-state index in [4.69, 9.17) is 18.9 Å². The highest BCUT2D eigenvalue weighted by atomic mass is 79.9. The molecule has 0 heterocycles. The van der Waals surface area contributed by atoms with Crippen LogP contribution in [0, 0.1) is 0 Å². The molecule has 0 saturated carbocycles. The Labute approximate surface area is 193 Å². The first-order valence-electron chi connectivity index (χ1n) is 9.27. The summed E-state index contributed by atoms with van der Waals surface area (Å²) in [6, 6.07) is 13.7. The molecule has 8 heteroatoms. The third-order valence-corrected chi connectivity index (χ3v) is 5.14. The van der Waals surface area contributed by atoms with Gasteiger partial charge in [-0.2, -0.15) is 0 Å². The molecule has 0 amide bonds. The Hall–Kier alpha value is -2.06. The maximum atomic E-state index is 12.1. The summed E-state index contributed by atoms with van der Waals surface area (Å²) in [6.45, 7) is 7.08. The fourth-order valence-corrected chi connectivity index (χ4v) is 2.92. The second-order valence-electron chi connectivity index (χ2n) is 7.84. The van der Waals surface area contributed by atoms with E-state index < -0.39 is 23.5 Å². The zero-order valence-electron chi connectivity index (χ0n) is 17.2. The van der Waals surface area contributed by atoms with Gasteiger partial charge in [-0.25, -0.2) is 9.59 Å². The molecule has 0 fully saturated rings. The van der Waals surface area contributed by atoms with Crippen LogP contribution in [-0.2, 0) is 9.47 Å².